The molecule has 0 bridgehead atoms. The quantitative estimate of drug-likeness (QED) is 0.870. The van der Waals surface area contributed by atoms with Crippen molar-refractivity contribution in [1.82, 2.24) is 4.90 Å². The smallest absolute Gasteiger partial charge is 0.336 e. The number of benzene rings is 1. The number of amides is 2. The summed E-state index contributed by atoms with van der Waals surface area (Å²) in [4.78, 5) is 25.1. The van der Waals surface area contributed by atoms with Gasteiger partial charge in [-0.05, 0) is 23.6 Å². The first-order valence-corrected chi connectivity index (χ1v) is 7.58. The van der Waals surface area contributed by atoms with Crippen molar-refractivity contribution in [3.8, 4) is 0 Å². The predicted molar refractivity (Wildman–Crippen MR) is 86.8 cm³/mol. The van der Waals surface area contributed by atoms with Gasteiger partial charge in [0, 0.05) is 19.2 Å². The van der Waals surface area contributed by atoms with E-state index >= 15 is 0 Å². The fourth-order valence-electron chi connectivity index (χ4n) is 1.91. The highest BCUT2D eigenvalue weighted by atomic mass is 35.5. The van der Waals surface area contributed by atoms with E-state index in [9.17, 15) is 22.8 Å². The van der Waals surface area contributed by atoms with Gasteiger partial charge in [0.15, 0.2) is 0 Å². The fraction of sp³-hybridized carbons (Fsp3) is 0.500. The Kier molecular flexibility index (Phi) is 6.27. The first kappa shape index (κ1) is 20.3. The minimum absolute atomic E-state index is 0.0339. The number of anilines is 1. The maximum atomic E-state index is 12.8. The minimum Gasteiger partial charge on any atom is -0.336 e. The Morgan fingerprint density at radius 3 is 2.29 bits per heavy atom. The van der Waals surface area contributed by atoms with Crippen molar-refractivity contribution in [1.29, 1.82) is 0 Å². The largest absolute Gasteiger partial charge is 0.417 e. The molecule has 2 amide bonds. The molecule has 0 saturated heterocycles. The van der Waals surface area contributed by atoms with Crippen LogP contribution in [0.2, 0.25) is 5.02 Å². The van der Waals surface area contributed by atoms with Gasteiger partial charge in [-0.15, -0.1) is 0 Å². The summed E-state index contributed by atoms with van der Waals surface area (Å²) in [5.74, 6) is -0.806. The molecule has 24 heavy (non-hydrogen) atoms. The standard InChI is InChI=1S/C16H20ClF3N2O2/c1-15(2,3)8-14(24)22(4)9-13(23)21-10-5-6-12(17)11(7-10)16(18,19)20/h5-7H,8-9H2,1-4H3,(H,21,23). The lowest BCUT2D eigenvalue weighted by Crippen LogP contribution is -2.36. The van der Waals surface area contributed by atoms with Crippen LogP contribution in [0.25, 0.3) is 0 Å². The third-order valence-corrected chi connectivity index (χ3v) is 3.37. The topological polar surface area (TPSA) is 49.4 Å². The average Bonchev–Trinajstić information content (AvgIpc) is 2.37. The molecule has 0 aromatic heterocycles. The molecule has 0 unspecified atom stereocenters. The van der Waals surface area contributed by atoms with Crippen LogP contribution in [0.4, 0.5) is 18.9 Å². The lowest BCUT2D eigenvalue weighted by atomic mass is 9.92. The van der Waals surface area contributed by atoms with Crippen molar-refractivity contribution in [3.63, 3.8) is 0 Å². The van der Waals surface area contributed by atoms with Crippen LogP contribution in [0.15, 0.2) is 18.2 Å². The van der Waals surface area contributed by atoms with Crippen LogP contribution in [-0.4, -0.2) is 30.3 Å². The van der Waals surface area contributed by atoms with Crippen LogP contribution in [0, 0.1) is 5.41 Å². The van der Waals surface area contributed by atoms with Crippen LogP contribution < -0.4 is 5.32 Å². The highest BCUT2D eigenvalue weighted by molar-refractivity contribution is 6.31. The van der Waals surface area contributed by atoms with Crippen molar-refractivity contribution in [3.05, 3.63) is 28.8 Å². The van der Waals surface area contributed by atoms with Gasteiger partial charge in [-0.1, -0.05) is 32.4 Å². The van der Waals surface area contributed by atoms with E-state index in [0.717, 1.165) is 12.1 Å². The number of nitrogens with one attached hydrogen (secondary N) is 1. The SMILES string of the molecule is CN(CC(=O)Nc1ccc(Cl)c(C(F)(F)F)c1)C(=O)CC(C)(C)C. The number of carbonyl (C=O) groups excluding carboxylic acids is 2. The van der Waals surface area contributed by atoms with Gasteiger partial charge < -0.3 is 10.2 Å². The molecule has 1 aromatic carbocycles. The van der Waals surface area contributed by atoms with Gasteiger partial charge in [0.2, 0.25) is 11.8 Å². The molecule has 0 saturated carbocycles. The Hall–Kier alpha value is -1.76. The highest BCUT2D eigenvalue weighted by Crippen LogP contribution is 2.36. The van der Waals surface area contributed by atoms with Gasteiger partial charge in [0.05, 0.1) is 17.1 Å². The van der Waals surface area contributed by atoms with Crippen molar-refractivity contribution >= 4 is 29.1 Å². The Morgan fingerprint density at radius 2 is 1.79 bits per heavy atom. The second-order valence-electron chi connectivity index (χ2n) is 6.73. The van der Waals surface area contributed by atoms with E-state index in [2.05, 4.69) is 5.32 Å². The number of alkyl halides is 3. The predicted octanol–water partition coefficient (Wildman–Crippen LogP) is 4.19. The third kappa shape index (κ3) is 6.39. The van der Waals surface area contributed by atoms with E-state index in [4.69, 9.17) is 11.6 Å². The van der Waals surface area contributed by atoms with Gasteiger partial charge in [-0.3, -0.25) is 9.59 Å². The summed E-state index contributed by atoms with van der Waals surface area (Å²) in [6, 6.07) is 3.10. The summed E-state index contributed by atoms with van der Waals surface area (Å²) < 4.78 is 38.4. The minimum atomic E-state index is -4.61. The van der Waals surface area contributed by atoms with E-state index in [1.807, 2.05) is 20.8 Å². The number of rotatable bonds is 4. The van der Waals surface area contributed by atoms with Crippen molar-refractivity contribution < 1.29 is 22.8 Å². The molecule has 0 spiro atoms. The number of likely N-dealkylation sites (N-methyl/N-ethyl adjacent to an activating group) is 1. The summed E-state index contributed by atoms with van der Waals surface area (Å²) in [6.45, 7) is 5.43. The van der Waals surface area contributed by atoms with Crippen molar-refractivity contribution in [2.24, 2.45) is 5.41 Å². The molecule has 0 aliphatic heterocycles. The van der Waals surface area contributed by atoms with Crippen LogP contribution in [0.5, 0.6) is 0 Å². The summed E-state index contributed by atoms with van der Waals surface area (Å²) in [7, 11) is 1.47. The lowest BCUT2D eigenvalue weighted by molar-refractivity contribution is -0.137. The van der Waals surface area contributed by atoms with Crippen LogP contribution in [-0.2, 0) is 15.8 Å². The lowest BCUT2D eigenvalue weighted by Gasteiger charge is -2.23. The van der Waals surface area contributed by atoms with E-state index in [1.54, 1.807) is 0 Å². The molecule has 8 heteroatoms. The summed E-state index contributed by atoms with van der Waals surface area (Å²) in [6.07, 6.45) is -4.35. The van der Waals surface area contributed by atoms with Crippen LogP contribution in [0.3, 0.4) is 0 Å². The van der Waals surface area contributed by atoms with Gasteiger partial charge >= 0.3 is 6.18 Å². The van der Waals surface area contributed by atoms with Gasteiger partial charge in [-0.2, -0.15) is 13.2 Å². The number of nitrogens with zero attached hydrogens (tertiary/aromatic N) is 1. The second-order valence-corrected chi connectivity index (χ2v) is 7.13. The molecule has 134 valence electrons. The molecule has 1 aromatic rings. The molecule has 0 fully saturated rings. The normalized spacial score (nSPS) is 12.0. The summed E-state index contributed by atoms with van der Waals surface area (Å²) in [5.41, 5.74) is -1.29. The zero-order valence-electron chi connectivity index (χ0n) is 13.9. The molecule has 0 aliphatic rings. The summed E-state index contributed by atoms with van der Waals surface area (Å²) >= 11 is 5.52. The van der Waals surface area contributed by atoms with Crippen molar-refractivity contribution in [2.75, 3.05) is 18.9 Å². The average molecular weight is 365 g/mol. The third-order valence-electron chi connectivity index (χ3n) is 3.04. The monoisotopic (exact) mass is 364 g/mol. The van der Waals surface area contributed by atoms with Gasteiger partial charge in [0.25, 0.3) is 0 Å². The van der Waals surface area contributed by atoms with Crippen molar-refractivity contribution in [2.45, 2.75) is 33.4 Å². The van der Waals surface area contributed by atoms with Crippen LogP contribution >= 0.6 is 11.6 Å². The molecule has 0 aliphatic carbocycles. The van der Waals surface area contributed by atoms with Gasteiger partial charge in [-0.25, -0.2) is 0 Å². The fourth-order valence-corrected chi connectivity index (χ4v) is 2.14. The van der Waals surface area contributed by atoms with E-state index in [-0.39, 0.29) is 30.0 Å². The zero-order chi connectivity index (χ0) is 18.7. The number of halogens is 4. The molecular weight excluding hydrogens is 345 g/mol. The van der Waals surface area contributed by atoms with Gasteiger partial charge in [0.1, 0.15) is 0 Å². The summed E-state index contributed by atoms with van der Waals surface area (Å²) in [5, 5.41) is 1.89. The zero-order valence-corrected chi connectivity index (χ0v) is 14.7. The highest BCUT2D eigenvalue weighted by Gasteiger charge is 2.33. The number of hydrogen-bond donors (Lipinski definition) is 1. The number of carbonyl (C=O) groups is 2. The molecule has 4 nitrogen and oxygen atoms in total. The molecule has 0 heterocycles. The van der Waals surface area contributed by atoms with E-state index in [1.165, 1.54) is 18.0 Å². The molecular formula is C16H20ClF3N2O2. The molecule has 1 rings (SSSR count). The number of hydrogen-bond acceptors (Lipinski definition) is 2. The Balaban J connectivity index is 2.74. The van der Waals surface area contributed by atoms with E-state index < -0.39 is 22.7 Å². The second kappa shape index (κ2) is 7.42. The Morgan fingerprint density at radius 1 is 1.21 bits per heavy atom. The van der Waals surface area contributed by atoms with E-state index in [0.29, 0.717) is 0 Å². The molecule has 0 radical (unpaired) electrons. The van der Waals surface area contributed by atoms with Crippen LogP contribution in [0.1, 0.15) is 32.8 Å². The first-order chi connectivity index (χ1) is 10.8. The molecule has 0 atom stereocenters. The maximum Gasteiger partial charge on any atom is 0.417 e. The molecule has 1 N–H and O–H groups in total. The Labute approximate surface area is 144 Å². The maximum absolute atomic E-state index is 12.8. The Bertz CT molecular complexity index is 625. The first-order valence-electron chi connectivity index (χ1n) is 7.20.